The number of carbonyl (C=O) groups is 2. The first-order valence-corrected chi connectivity index (χ1v) is 9.48. The number of carboxylic acids is 1. The van der Waals surface area contributed by atoms with Gasteiger partial charge in [-0.25, -0.2) is 9.78 Å². The van der Waals surface area contributed by atoms with E-state index in [9.17, 15) is 14.7 Å². The Morgan fingerprint density at radius 2 is 1.89 bits per heavy atom. The predicted molar refractivity (Wildman–Crippen MR) is 99.2 cm³/mol. The zero-order valence-electron chi connectivity index (χ0n) is 15.2. The van der Waals surface area contributed by atoms with E-state index in [1.54, 1.807) is 6.33 Å². The molecule has 7 heteroatoms. The number of aliphatic carboxylic acids is 1. The minimum atomic E-state index is -1.00. The molecule has 1 aromatic carbocycles. The molecule has 1 saturated heterocycles. The highest BCUT2D eigenvalue weighted by molar-refractivity contribution is 5.97. The van der Waals surface area contributed by atoms with Crippen LogP contribution in [0, 0.1) is 0 Å². The van der Waals surface area contributed by atoms with Crippen LogP contribution in [0.3, 0.4) is 0 Å². The first-order valence-electron chi connectivity index (χ1n) is 9.48. The second-order valence-electron chi connectivity index (χ2n) is 7.35. The smallest absolute Gasteiger partial charge is 0.326 e. The molecule has 27 heavy (non-hydrogen) atoms. The van der Waals surface area contributed by atoms with Crippen molar-refractivity contribution in [3.8, 4) is 0 Å². The van der Waals surface area contributed by atoms with Crippen LogP contribution in [0.15, 0.2) is 30.6 Å². The highest BCUT2D eigenvalue weighted by Gasteiger charge is 2.36. The molecule has 1 aromatic heterocycles. The van der Waals surface area contributed by atoms with Gasteiger partial charge in [0, 0.05) is 18.5 Å². The Bertz CT molecular complexity index is 824. The summed E-state index contributed by atoms with van der Waals surface area (Å²) in [6.45, 7) is 3.39. The number of rotatable bonds is 4. The maximum atomic E-state index is 13.0. The third-order valence-corrected chi connectivity index (χ3v) is 5.50. The maximum absolute atomic E-state index is 13.0. The van der Waals surface area contributed by atoms with Crippen LogP contribution in [-0.2, 0) is 24.3 Å². The average Bonchev–Trinajstić information content (AvgIpc) is 3.15. The Morgan fingerprint density at radius 3 is 2.59 bits per heavy atom. The molecule has 3 heterocycles. The molecule has 1 fully saturated rings. The number of imidazole rings is 1. The van der Waals surface area contributed by atoms with Gasteiger partial charge in [0.25, 0.3) is 5.91 Å². The number of nitrogens with one attached hydrogen (secondary N) is 1. The van der Waals surface area contributed by atoms with Gasteiger partial charge in [0.2, 0.25) is 0 Å². The molecular weight excluding hydrogens is 344 g/mol. The van der Waals surface area contributed by atoms with Gasteiger partial charge in [0.15, 0.2) is 0 Å². The summed E-state index contributed by atoms with van der Waals surface area (Å²) >= 11 is 0. The van der Waals surface area contributed by atoms with Crippen LogP contribution in [-0.4, -0.2) is 55.9 Å². The number of carbonyl (C=O) groups excluding carboxylic acids is 1. The number of carboxylic acid groups (broad SMARTS) is 1. The summed E-state index contributed by atoms with van der Waals surface area (Å²) in [7, 11) is 0. The summed E-state index contributed by atoms with van der Waals surface area (Å²) < 4.78 is 0. The molecule has 0 radical (unpaired) electrons. The molecule has 1 amide bonds. The monoisotopic (exact) mass is 368 g/mol. The fraction of sp³-hybridized carbons (Fsp3) is 0.450. The number of amides is 1. The molecule has 1 unspecified atom stereocenters. The molecular formula is C20H24N4O3. The van der Waals surface area contributed by atoms with Gasteiger partial charge in [-0.15, -0.1) is 0 Å². The summed E-state index contributed by atoms with van der Waals surface area (Å²) in [6.07, 6.45) is 5.58. The maximum Gasteiger partial charge on any atom is 0.326 e. The Morgan fingerprint density at radius 1 is 1.15 bits per heavy atom. The molecule has 0 spiro atoms. The van der Waals surface area contributed by atoms with Gasteiger partial charge < -0.3 is 15.0 Å². The van der Waals surface area contributed by atoms with Crippen molar-refractivity contribution in [2.75, 3.05) is 13.1 Å². The van der Waals surface area contributed by atoms with E-state index in [1.165, 1.54) is 29.7 Å². The first kappa shape index (κ1) is 17.7. The zero-order chi connectivity index (χ0) is 18.8. The molecule has 2 aliphatic rings. The van der Waals surface area contributed by atoms with E-state index in [1.807, 2.05) is 24.3 Å². The SMILES string of the molecule is O=C(O)C1Cc2nc[nH]c2CN1C(=O)c1ccc(CN2CCCCC2)cc1. The average molecular weight is 368 g/mol. The molecule has 2 N–H and O–H groups in total. The van der Waals surface area contributed by atoms with E-state index in [2.05, 4.69) is 14.9 Å². The van der Waals surface area contributed by atoms with Crippen molar-refractivity contribution in [1.82, 2.24) is 19.8 Å². The Kier molecular flexibility index (Phi) is 4.94. The third kappa shape index (κ3) is 3.73. The number of benzene rings is 1. The third-order valence-electron chi connectivity index (χ3n) is 5.50. The number of aromatic amines is 1. The van der Waals surface area contributed by atoms with Gasteiger partial charge >= 0.3 is 5.97 Å². The number of piperidine rings is 1. The Labute approximate surface area is 158 Å². The number of H-pyrrole nitrogens is 1. The van der Waals surface area contributed by atoms with Crippen molar-refractivity contribution < 1.29 is 14.7 Å². The topological polar surface area (TPSA) is 89.5 Å². The van der Waals surface area contributed by atoms with Gasteiger partial charge in [0.1, 0.15) is 6.04 Å². The molecule has 2 aliphatic heterocycles. The lowest BCUT2D eigenvalue weighted by molar-refractivity contribution is -0.142. The van der Waals surface area contributed by atoms with Gasteiger partial charge in [-0.1, -0.05) is 18.6 Å². The van der Waals surface area contributed by atoms with Gasteiger partial charge in [0.05, 0.1) is 24.3 Å². The van der Waals surface area contributed by atoms with Crippen LogP contribution >= 0.6 is 0 Å². The number of fused-ring (bicyclic) bond motifs is 1. The van der Waals surface area contributed by atoms with Crippen LogP contribution in [0.4, 0.5) is 0 Å². The van der Waals surface area contributed by atoms with Crippen molar-refractivity contribution in [3.63, 3.8) is 0 Å². The molecule has 142 valence electrons. The van der Waals surface area contributed by atoms with Crippen molar-refractivity contribution in [1.29, 1.82) is 0 Å². The van der Waals surface area contributed by atoms with Crippen molar-refractivity contribution >= 4 is 11.9 Å². The first-order chi connectivity index (χ1) is 13.1. The number of likely N-dealkylation sites (tertiary alicyclic amines) is 1. The minimum absolute atomic E-state index is 0.229. The van der Waals surface area contributed by atoms with Crippen molar-refractivity contribution in [3.05, 3.63) is 53.1 Å². The van der Waals surface area contributed by atoms with Gasteiger partial charge in [-0.3, -0.25) is 9.69 Å². The highest BCUT2D eigenvalue weighted by atomic mass is 16.4. The fourth-order valence-corrected chi connectivity index (χ4v) is 3.96. The van der Waals surface area contributed by atoms with E-state index < -0.39 is 12.0 Å². The molecule has 7 nitrogen and oxygen atoms in total. The second kappa shape index (κ2) is 7.52. The molecule has 0 bridgehead atoms. The van der Waals surface area contributed by atoms with Crippen molar-refractivity contribution in [2.45, 2.75) is 44.8 Å². The van der Waals surface area contributed by atoms with Crippen molar-refractivity contribution in [2.24, 2.45) is 0 Å². The van der Waals surface area contributed by atoms with Gasteiger partial charge in [-0.2, -0.15) is 0 Å². The lowest BCUT2D eigenvalue weighted by Gasteiger charge is -2.32. The molecule has 0 aliphatic carbocycles. The molecule has 1 atom stereocenters. The summed E-state index contributed by atoms with van der Waals surface area (Å²) in [5.41, 5.74) is 3.23. The summed E-state index contributed by atoms with van der Waals surface area (Å²) in [5, 5.41) is 9.56. The van der Waals surface area contributed by atoms with Crippen LogP contribution < -0.4 is 0 Å². The van der Waals surface area contributed by atoms with Crippen LogP contribution in [0.2, 0.25) is 0 Å². The van der Waals surface area contributed by atoms with Crippen LogP contribution in [0.25, 0.3) is 0 Å². The number of hydrogen-bond acceptors (Lipinski definition) is 4. The standard InChI is InChI=1S/C20H24N4O3/c25-19(24-12-17-16(21-13-22-17)10-18(24)20(26)27)15-6-4-14(5-7-15)11-23-8-2-1-3-9-23/h4-7,13,18H,1-3,8-12H2,(H,21,22)(H,26,27). The lowest BCUT2D eigenvalue weighted by atomic mass is 10.0. The lowest BCUT2D eigenvalue weighted by Crippen LogP contribution is -2.48. The van der Waals surface area contributed by atoms with E-state index in [0.717, 1.165) is 31.0 Å². The van der Waals surface area contributed by atoms with E-state index in [4.69, 9.17) is 0 Å². The Hall–Kier alpha value is -2.67. The summed E-state index contributed by atoms with van der Waals surface area (Å²) in [4.78, 5) is 35.7. The summed E-state index contributed by atoms with van der Waals surface area (Å²) in [6, 6.07) is 6.68. The fourth-order valence-electron chi connectivity index (χ4n) is 3.96. The number of nitrogens with zero attached hydrogens (tertiary/aromatic N) is 3. The van der Waals surface area contributed by atoms with E-state index in [-0.39, 0.29) is 18.9 Å². The molecule has 4 rings (SSSR count). The second-order valence-corrected chi connectivity index (χ2v) is 7.35. The number of hydrogen-bond donors (Lipinski definition) is 2. The van der Waals surface area contributed by atoms with E-state index >= 15 is 0 Å². The number of aromatic nitrogens is 2. The largest absolute Gasteiger partial charge is 0.480 e. The quantitative estimate of drug-likeness (QED) is 0.862. The highest BCUT2D eigenvalue weighted by Crippen LogP contribution is 2.23. The predicted octanol–water partition coefficient (Wildman–Crippen LogP) is 2.05. The normalized spacial score (nSPS) is 20.3. The van der Waals surface area contributed by atoms with Crippen LogP contribution in [0.1, 0.15) is 46.6 Å². The molecule has 0 saturated carbocycles. The Balaban J connectivity index is 1.48. The molecule has 2 aromatic rings. The minimum Gasteiger partial charge on any atom is -0.480 e. The van der Waals surface area contributed by atoms with Crippen LogP contribution in [0.5, 0.6) is 0 Å². The van der Waals surface area contributed by atoms with E-state index in [0.29, 0.717) is 5.56 Å². The zero-order valence-corrected chi connectivity index (χ0v) is 15.2. The summed E-state index contributed by atoms with van der Waals surface area (Å²) in [5.74, 6) is -1.26. The van der Waals surface area contributed by atoms with Gasteiger partial charge in [-0.05, 0) is 43.6 Å².